The van der Waals surface area contributed by atoms with Gasteiger partial charge in [-0.25, -0.2) is 4.79 Å². The van der Waals surface area contributed by atoms with E-state index in [2.05, 4.69) is 5.32 Å². The van der Waals surface area contributed by atoms with Gasteiger partial charge in [0.15, 0.2) is 0 Å². The molecule has 2 aromatic carbocycles. The minimum atomic E-state index is -0.799. The van der Waals surface area contributed by atoms with Crippen molar-refractivity contribution in [3.8, 4) is 0 Å². The number of rotatable bonds is 8. The van der Waals surface area contributed by atoms with E-state index >= 15 is 0 Å². The van der Waals surface area contributed by atoms with E-state index in [0.717, 1.165) is 0 Å². The zero-order valence-electron chi connectivity index (χ0n) is 15.8. The number of nitrogens with two attached hydrogens (primary N) is 1. The maximum Gasteiger partial charge on any atom is 0.329 e. The summed E-state index contributed by atoms with van der Waals surface area (Å²) in [5.41, 5.74) is 6.64. The molecule has 28 heavy (non-hydrogen) atoms. The third-order valence-corrected chi connectivity index (χ3v) is 4.70. The molecule has 0 saturated heterocycles. The largest absolute Gasteiger partial charge is 0.459 e. The van der Waals surface area contributed by atoms with Gasteiger partial charge in [-0.2, -0.15) is 0 Å². The Morgan fingerprint density at radius 3 is 2.39 bits per heavy atom. The van der Waals surface area contributed by atoms with Crippen molar-refractivity contribution >= 4 is 29.4 Å². The third kappa shape index (κ3) is 5.82. The molecule has 6 nitrogen and oxygen atoms in total. The van der Waals surface area contributed by atoms with Crippen LogP contribution in [0.2, 0.25) is 5.02 Å². The van der Waals surface area contributed by atoms with Crippen LogP contribution in [0.3, 0.4) is 0 Å². The van der Waals surface area contributed by atoms with Crippen molar-refractivity contribution in [2.75, 3.05) is 0 Å². The molecule has 0 aliphatic heterocycles. The molecule has 2 rings (SSSR count). The molecule has 2 amide bonds. The Morgan fingerprint density at radius 1 is 1.11 bits per heavy atom. The number of amides is 2. The highest BCUT2D eigenvalue weighted by Gasteiger charge is 2.27. The van der Waals surface area contributed by atoms with Crippen LogP contribution >= 0.6 is 11.6 Å². The minimum absolute atomic E-state index is 0.0241. The first-order valence-corrected chi connectivity index (χ1v) is 9.31. The minimum Gasteiger partial charge on any atom is -0.459 e. The maximum absolute atomic E-state index is 12.6. The number of halogens is 1. The molecule has 0 aromatic heterocycles. The molecule has 0 heterocycles. The molecular formula is C21H23ClN2O4. The monoisotopic (exact) mass is 402 g/mol. The molecule has 148 valence electrons. The summed E-state index contributed by atoms with van der Waals surface area (Å²) in [6.45, 7) is 3.77. The fourth-order valence-electron chi connectivity index (χ4n) is 2.55. The highest BCUT2D eigenvalue weighted by atomic mass is 35.5. The molecule has 0 aliphatic carbocycles. The van der Waals surface area contributed by atoms with Crippen LogP contribution in [-0.2, 0) is 16.1 Å². The van der Waals surface area contributed by atoms with Crippen molar-refractivity contribution in [3.63, 3.8) is 0 Å². The van der Waals surface area contributed by atoms with E-state index in [-0.39, 0.29) is 18.4 Å². The smallest absolute Gasteiger partial charge is 0.329 e. The summed E-state index contributed by atoms with van der Waals surface area (Å²) < 4.78 is 5.38. The van der Waals surface area contributed by atoms with Gasteiger partial charge in [0.25, 0.3) is 5.91 Å². The van der Waals surface area contributed by atoms with Crippen LogP contribution in [0, 0.1) is 5.92 Å². The Kier molecular flexibility index (Phi) is 7.58. The van der Waals surface area contributed by atoms with Crippen LogP contribution in [0.15, 0.2) is 48.5 Å². The number of hydrogen-bond donors (Lipinski definition) is 2. The number of hydrogen-bond acceptors (Lipinski definition) is 4. The van der Waals surface area contributed by atoms with E-state index < -0.39 is 17.9 Å². The van der Waals surface area contributed by atoms with Gasteiger partial charge in [0.2, 0.25) is 5.91 Å². The predicted octanol–water partition coefficient (Wildman–Crippen LogP) is 3.33. The average Bonchev–Trinajstić information content (AvgIpc) is 2.70. The molecule has 0 unspecified atom stereocenters. The van der Waals surface area contributed by atoms with E-state index in [1.165, 1.54) is 0 Å². The summed E-state index contributed by atoms with van der Waals surface area (Å²) in [5, 5.41) is 3.26. The zero-order chi connectivity index (χ0) is 20.7. The average molecular weight is 403 g/mol. The van der Waals surface area contributed by atoms with Crippen LogP contribution in [0.4, 0.5) is 0 Å². The van der Waals surface area contributed by atoms with Crippen LogP contribution in [0.25, 0.3) is 0 Å². The summed E-state index contributed by atoms with van der Waals surface area (Å²) in [6, 6.07) is 12.1. The second kappa shape index (κ2) is 9.90. The van der Waals surface area contributed by atoms with Crippen molar-refractivity contribution in [1.82, 2.24) is 5.32 Å². The predicted molar refractivity (Wildman–Crippen MR) is 107 cm³/mol. The number of benzene rings is 2. The van der Waals surface area contributed by atoms with E-state index in [0.29, 0.717) is 28.1 Å². The maximum atomic E-state index is 12.6. The first-order chi connectivity index (χ1) is 13.3. The third-order valence-electron chi connectivity index (χ3n) is 4.45. The second-order valence-corrected chi connectivity index (χ2v) is 6.95. The van der Waals surface area contributed by atoms with Gasteiger partial charge >= 0.3 is 5.97 Å². The van der Waals surface area contributed by atoms with Crippen molar-refractivity contribution in [2.45, 2.75) is 32.9 Å². The topological polar surface area (TPSA) is 98.5 Å². The molecule has 0 spiro atoms. The first-order valence-electron chi connectivity index (χ1n) is 8.93. The molecule has 0 saturated carbocycles. The highest BCUT2D eigenvalue weighted by Crippen LogP contribution is 2.14. The van der Waals surface area contributed by atoms with Crippen LogP contribution in [0.1, 0.15) is 46.5 Å². The molecule has 0 radical (unpaired) electrons. The van der Waals surface area contributed by atoms with E-state index in [1.807, 2.05) is 13.8 Å². The molecule has 0 fully saturated rings. The van der Waals surface area contributed by atoms with Gasteiger partial charge in [-0.3, -0.25) is 9.59 Å². The molecule has 2 atom stereocenters. The van der Waals surface area contributed by atoms with E-state index in [4.69, 9.17) is 22.1 Å². The number of primary amides is 1. The normalized spacial score (nSPS) is 12.7. The lowest BCUT2D eigenvalue weighted by Crippen LogP contribution is -2.45. The van der Waals surface area contributed by atoms with Crippen molar-refractivity contribution in [3.05, 3.63) is 70.2 Å². The van der Waals surface area contributed by atoms with Crippen molar-refractivity contribution in [1.29, 1.82) is 0 Å². The Balaban J connectivity index is 2.06. The van der Waals surface area contributed by atoms with Crippen molar-refractivity contribution in [2.24, 2.45) is 11.7 Å². The fourth-order valence-corrected chi connectivity index (χ4v) is 2.68. The quantitative estimate of drug-likeness (QED) is 0.661. The zero-order valence-corrected chi connectivity index (χ0v) is 16.5. The summed E-state index contributed by atoms with van der Waals surface area (Å²) >= 11 is 5.84. The van der Waals surface area contributed by atoms with Gasteiger partial charge in [-0.15, -0.1) is 0 Å². The lowest BCUT2D eigenvalue weighted by atomic mass is 9.98. The lowest BCUT2D eigenvalue weighted by Gasteiger charge is -2.23. The SMILES string of the molecule is CC[C@H](C)[C@H](NC(=O)c1ccc(Cl)cc1)C(=O)OCc1cccc(C(N)=O)c1. The Morgan fingerprint density at radius 2 is 1.79 bits per heavy atom. The number of esters is 1. The number of nitrogens with one attached hydrogen (secondary N) is 1. The first kappa shape index (κ1) is 21.4. The molecule has 0 bridgehead atoms. The molecule has 0 aliphatic rings. The second-order valence-electron chi connectivity index (χ2n) is 6.52. The molecule has 3 N–H and O–H groups in total. The van der Waals surface area contributed by atoms with Crippen LogP contribution in [-0.4, -0.2) is 23.8 Å². The molecule has 7 heteroatoms. The fraction of sp³-hybridized carbons (Fsp3) is 0.286. The van der Waals surface area contributed by atoms with Gasteiger partial charge in [0.05, 0.1) is 0 Å². The highest BCUT2D eigenvalue weighted by molar-refractivity contribution is 6.30. The number of carbonyl (C=O) groups excluding carboxylic acids is 3. The molecular weight excluding hydrogens is 380 g/mol. The lowest BCUT2D eigenvalue weighted by molar-refractivity contribution is -0.148. The Bertz CT molecular complexity index is 852. The van der Waals surface area contributed by atoms with Crippen molar-refractivity contribution < 1.29 is 19.1 Å². The van der Waals surface area contributed by atoms with Gasteiger partial charge in [-0.05, 0) is 47.9 Å². The van der Waals surface area contributed by atoms with Crippen LogP contribution in [0.5, 0.6) is 0 Å². The van der Waals surface area contributed by atoms with Gasteiger partial charge in [0, 0.05) is 16.1 Å². The molecule has 2 aromatic rings. The standard InChI is InChI=1S/C21H23ClN2O4/c1-3-13(2)18(24-20(26)15-7-9-17(22)10-8-15)21(27)28-12-14-5-4-6-16(11-14)19(23)25/h4-11,13,18H,3,12H2,1-2H3,(H2,23,25)(H,24,26)/t13-,18-/m0/s1. The Labute approximate surface area is 169 Å². The summed E-state index contributed by atoms with van der Waals surface area (Å²) in [5.74, 6) is -1.60. The summed E-state index contributed by atoms with van der Waals surface area (Å²) in [7, 11) is 0. The number of ether oxygens (including phenoxy) is 1. The van der Waals surface area contributed by atoms with Crippen LogP contribution < -0.4 is 11.1 Å². The van der Waals surface area contributed by atoms with E-state index in [9.17, 15) is 14.4 Å². The van der Waals surface area contributed by atoms with Gasteiger partial charge < -0.3 is 15.8 Å². The van der Waals surface area contributed by atoms with E-state index in [1.54, 1.807) is 48.5 Å². The number of carbonyl (C=O) groups is 3. The summed E-state index contributed by atoms with van der Waals surface area (Å²) in [4.78, 5) is 36.3. The van der Waals surface area contributed by atoms with Gasteiger partial charge in [-0.1, -0.05) is 44.0 Å². The Hall–Kier alpha value is -2.86. The summed E-state index contributed by atoms with van der Waals surface area (Å²) in [6.07, 6.45) is 0.678. The van der Waals surface area contributed by atoms with Gasteiger partial charge in [0.1, 0.15) is 12.6 Å².